The molecule has 90 valence electrons. The van der Waals surface area contributed by atoms with E-state index >= 15 is 0 Å². The van der Waals surface area contributed by atoms with Crippen LogP contribution in [-0.4, -0.2) is 6.04 Å². The number of nitrogens with zero attached hydrogens (tertiary/aromatic N) is 3. The van der Waals surface area contributed by atoms with E-state index in [1.165, 1.54) is 18.4 Å². The van der Waals surface area contributed by atoms with Crippen molar-refractivity contribution in [3.63, 3.8) is 0 Å². The van der Waals surface area contributed by atoms with Crippen molar-refractivity contribution >= 4 is 0 Å². The summed E-state index contributed by atoms with van der Waals surface area (Å²) in [6, 6.07) is 10.7. The van der Waals surface area contributed by atoms with Gasteiger partial charge in [0.25, 0.3) is 0 Å². The number of hydrogen-bond acceptors (Lipinski definition) is 1. The Morgan fingerprint density at radius 1 is 1.29 bits per heavy atom. The molecule has 0 aliphatic heterocycles. The molecule has 1 aliphatic carbocycles. The van der Waals surface area contributed by atoms with Gasteiger partial charge in [-0.3, -0.25) is 0 Å². The second-order valence-electron chi connectivity index (χ2n) is 5.14. The Hall–Kier alpha value is -1.47. The summed E-state index contributed by atoms with van der Waals surface area (Å²) in [6.07, 6.45) is 4.45. The van der Waals surface area contributed by atoms with Crippen molar-refractivity contribution in [2.24, 2.45) is 17.0 Å². The monoisotopic (exact) mass is 229 g/mol. The molecule has 0 aromatic heterocycles. The molecule has 17 heavy (non-hydrogen) atoms. The number of rotatable bonds is 3. The fourth-order valence-electron chi connectivity index (χ4n) is 2.84. The van der Waals surface area contributed by atoms with Gasteiger partial charge in [0.2, 0.25) is 0 Å². The van der Waals surface area contributed by atoms with E-state index in [2.05, 4.69) is 41.2 Å². The van der Waals surface area contributed by atoms with Crippen molar-refractivity contribution in [2.75, 3.05) is 0 Å². The van der Waals surface area contributed by atoms with Crippen molar-refractivity contribution in [3.8, 4) is 0 Å². The SMILES string of the molecule is C[C@@H]1CC[C@@H](N=[N+]=[N-])[C@@H](Cc2ccccc2)C1. The normalized spacial score (nSPS) is 28.4. The van der Waals surface area contributed by atoms with E-state index in [9.17, 15) is 0 Å². The van der Waals surface area contributed by atoms with Crippen LogP contribution in [0.15, 0.2) is 35.4 Å². The van der Waals surface area contributed by atoms with E-state index in [0.717, 1.165) is 18.8 Å². The van der Waals surface area contributed by atoms with Crippen LogP contribution in [0.2, 0.25) is 0 Å². The topological polar surface area (TPSA) is 48.8 Å². The Morgan fingerprint density at radius 3 is 2.76 bits per heavy atom. The molecule has 0 heterocycles. The molecule has 0 N–H and O–H groups in total. The molecular weight excluding hydrogens is 210 g/mol. The molecule has 0 saturated heterocycles. The Kier molecular flexibility index (Phi) is 4.05. The van der Waals surface area contributed by atoms with Crippen LogP contribution in [0.25, 0.3) is 10.4 Å². The van der Waals surface area contributed by atoms with E-state index < -0.39 is 0 Å². The van der Waals surface area contributed by atoms with Gasteiger partial charge in [-0.25, -0.2) is 0 Å². The number of benzene rings is 1. The van der Waals surface area contributed by atoms with Crippen molar-refractivity contribution < 1.29 is 0 Å². The highest BCUT2D eigenvalue weighted by Crippen LogP contribution is 2.33. The molecule has 0 amide bonds. The zero-order chi connectivity index (χ0) is 12.1. The molecule has 3 atom stereocenters. The van der Waals surface area contributed by atoms with E-state index in [1.54, 1.807) is 0 Å². The van der Waals surface area contributed by atoms with Gasteiger partial charge in [-0.15, -0.1) is 0 Å². The average Bonchev–Trinajstić information content (AvgIpc) is 2.34. The van der Waals surface area contributed by atoms with Crippen LogP contribution in [0.5, 0.6) is 0 Å². The predicted molar refractivity (Wildman–Crippen MR) is 69.6 cm³/mol. The standard InChI is InChI=1S/C14H19N3/c1-11-7-8-14(16-17-15)13(9-11)10-12-5-3-2-4-6-12/h2-6,11,13-14H,7-10H2,1H3/t11-,13-,14-/m1/s1. The van der Waals surface area contributed by atoms with Crippen LogP contribution in [0, 0.1) is 11.8 Å². The molecule has 0 spiro atoms. The number of azide groups is 1. The Morgan fingerprint density at radius 2 is 2.06 bits per heavy atom. The van der Waals surface area contributed by atoms with Crippen LogP contribution in [0.3, 0.4) is 0 Å². The van der Waals surface area contributed by atoms with Crippen LogP contribution in [-0.2, 0) is 6.42 Å². The van der Waals surface area contributed by atoms with Crippen molar-refractivity contribution in [1.29, 1.82) is 0 Å². The third-order valence-electron chi connectivity index (χ3n) is 3.75. The summed E-state index contributed by atoms with van der Waals surface area (Å²) in [5.74, 6) is 1.27. The highest BCUT2D eigenvalue weighted by atomic mass is 15.1. The summed E-state index contributed by atoms with van der Waals surface area (Å²) in [4.78, 5) is 3.00. The largest absolute Gasteiger partial charge is 0.0903 e. The maximum absolute atomic E-state index is 8.63. The third-order valence-corrected chi connectivity index (χ3v) is 3.75. The highest BCUT2D eigenvalue weighted by molar-refractivity contribution is 5.16. The van der Waals surface area contributed by atoms with Crippen LogP contribution >= 0.6 is 0 Å². The predicted octanol–water partition coefficient (Wildman–Crippen LogP) is 4.34. The lowest BCUT2D eigenvalue weighted by Crippen LogP contribution is -2.28. The molecule has 2 rings (SSSR count). The Balaban J connectivity index is 2.07. The summed E-state index contributed by atoms with van der Waals surface area (Å²) in [6.45, 7) is 2.30. The molecule has 1 aromatic carbocycles. The van der Waals surface area contributed by atoms with Gasteiger partial charge in [0.15, 0.2) is 0 Å². The molecule has 1 aromatic rings. The number of hydrogen-bond donors (Lipinski definition) is 0. The first-order valence-electron chi connectivity index (χ1n) is 6.37. The van der Waals surface area contributed by atoms with Gasteiger partial charge in [0.05, 0.1) is 0 Å². The fraction of sp³-hybridized carbons (Fsp3) is 0.571. The molecule has 1 saturated carbocycles. The maximum atomic E-state index is 8.63. The first-order valence-corrected chi connectivity index (χ1v) is 6.37. The fourth-order valence-corrected chi connectivity index (χ4v) is 2.84. The van der Waals surface area contributed by atoms with E-state index in [-0.39, 0.29) is 6.04 Å². The average molecular weight is 229 g/mol. The molecular formula is C14H19N3. The zero-order valence-electron chi connectivity index (χ0n) is 10.3. The Labute approximate surface area is 102 Å². The summed E-state index contributed by atoms with van der Waals surface area (Å²) in [5, 5.41) is 3.98. The zero-order valence-corrected chi connectivity index (χ0v) is 10.3. The first kappa shape index (κ1) is 12.0. The third kappa shape index (κ3) is 3.24. The summed E-state index contributed by atoms with van der Waals surface area (Å²) < 4.78 is 0. The first-order chi connectivity index (χ1) is 8.29. The molecule has 0 unspecified atom stereocenters. The van der Waals surface area contributed by atoms with Crippen molar-refractivity contribution in [3.05, 3.63) is 46.3 Å². The van der Waals surface area contributed by atoms with Gasteiger partial charge in [0.1, 0.15) is 0 Å². The van der Waals surface area contributed by atoms with E-state index in [1.807, 2.05) is 6.07 Å². The van der Waals surface area contributed by atoms with Gasteiger partial charge in [0, 0.05) is 11.0 Å². The lowest BCUT2D eigenvalue weighted by atomic mass is 9.76. The van der Waals surface area contributed by atoms with Crippen molar-refractivity contribution in [2.45, 2.75) is 38.6 Å². The summed E-state index contributed by atoms with van der Waals surface area (Å²) >= 11 is 0. The summed E-state index contributed by atoms with van der Waals surface area (Å²) in [5.41, 5.74) is 9.98. The Bertz CT molecular complexity index is 395. The van der Waals surface area contributed by atoms with Crippen LogP contribution in [0.4, 0.5) is 0 Å². The lowest BCUT2D eigenvalue weighted by Gasteiger charge is -2.32. The van der Waals surface area contributed by atoms with Gasteiger partial charge in [-0.1, -0.05) is 48.8 Å². The molecule has 1 aliphatic rings. The molecule has 1 fully saturated rings. The molecule has 0 bridgehead atoms. The van der Waals surface area contributed by atoms with E-state index in [0.29, 0.717) is 5.92 Å². The van der Waals surface area contributed by atoms with Gasteiger partial charge >= 0.3 is 0 Å². The van der Waals surface area contributed by atoms with Gasteiger partial charge in [-0.05, 0) is 42.2 Å². The smallest absolute Gasteiger partial charge is 0.0405 e. The van der Waals surface area contributed by atoms with Crippen LogP contribution < -0.4 is 0 Å². The molecule has 3 nitrogen and oxygen atoms in total. The quantitative estimate of drug-likeness (QED) is 0.420. The summed E-state index contributed by atoms with van der Waals surface area (Å²) in [7, 11) is 0. The maximum Gasteiger partial charge on any atom is 0.0405 e. The molecule has 3 heteroatoms. The van der Waals surface area contributed by atoms with Gasteiger partial charge in [-0.2, -0.15) is 0 Å². The highest BCUT2D eigenvalue weighted by Gasteiger charge is 2.27. The van der Waals surface area contributed by atoms with Crippen LogP contribution in [0.1, 0.15) is 31.7 Å². The van der Waals surface area contributed by atoms with Crippen molar-refractivity contribution in [1.82, 2.24) is 0 Å². The minimum atomic E-state index is 0.191. The molecule has 0 radical (unpaired) electrons. The van der Waals surface area contributed by atoms with Gasteiger partial charge < -0.3 is 0 Å². The minimum Gasteiger partial charge on any atom is -0.0903 e. The minimum absolute atomic E-state index is 0.191. The lowest BCUT2D eigenvalue weighted by molar-refractivity contribution is 0.244. The second-order valence-corrected chi connectivity index (χ2v) is 5.14. The second kappa shape index (κ2) is 5.74. The van der Waals surface area contributed by atoms with E-state index in [4.69, 9.17) is 5.53 Å².